The van der Waals surface area contributed by atoms with Crippen molar-refractivity contribution in [3.05, 3.63) is 0 Å². The van der Waals surface area contributed by atoms with Crippen molar-refractivity contribution in [2.45, 2.75) is 44.6 Å². The highest BCUT2D eigenvalue weighted by Gasteiger charge is 2.41. The minimum Gasteiger partial charge on any atom is -0.349 e. The van der Waals surface area contributed by atoms with Gasteiger partial charge in [-0.3, -0.25) is 14.5 Å². The van der Waals surface area contributed by atoms with Gasteiger partial charge in [0.25, 0.3) is 0 Å². The molecular formula is C19H34N4O2. The number of nitrogens with zero attached hydrogens (tertiary/aromatic N) is 3. The minimum atomic E-state index is 0.170. The molecule has 0 aromatic rings. The smallest absolute Gasteiger partial charge is 0.225 e. The highest BCUT2D eigenvalue weighted by atomic mass is 16.2. The van der Waals surface area contributed by atoms with Gasteiger partial charge < -0.3 is 15.5 Å². The van der Waals surface area contributed by atoms with Crippen LogP contribution in [0.5, 0.6) is 0 Å². The molecule has 2 atom stereocenters. The second-order valence-electron chi connectivity index (χ2n) is 8.40. The summed E-state index contributed by atoms with van der Waals surface area (Å²) in [4.78, 5) is 30.7. The number of amides is 2. The Morgan fingerprint density at radius 1 is 1.04 bits per heavy atom. The molecule has 6 heteroatoms. The maximum Gasteiger partial charge on any atom is 0.225 e. The van der Waals surface area contributed by atoms with Crippen LogP contribution >= 0.6 is 0 Å². The Bertz CT molecular complexity index is 474. The SMILES string of the molecule is CN(C)C(=O)CCN1CCN(C(=O)C2CC3CCCC(C2)C3N)CC1. The molecule has 1 saturated heterocycles. The van der Waals surface area contributed by atoms with E-state index in [4.69, 9.17) is 5.73 Å². The number of carbonyl (C=O) groups is 2. The summed E-state index contributed by atoms with van der Waals surface area (Å²) in [6.07, 6.45) is 6.24. The maximum atomic E-state index is 13.0. The number of fused-ring (bicyclic) bond motifs is 2. The van der Waals surface area contributed by atoms with Gasteiger partial charge in [-0.15, -0.1) is 0 Å². The van der Waals surface area contributed by atoms with E-state index in [0.29, 0.717) is 30.2 Å². The minimum absolute atomic E-state index is 0.170. The second kappa shape index (κ2) is 8.04. The third kappa shape index (κ3) is 4.34. The van der Waals surface area contributed by atoms with Crippen molar-refractivity contribution >= 4 is 11.8 Å². The Morgan fingerprint density at radius 3 is 2.20 bits per heavy atom. The van der Waals surface area contributed by atoms with Crippen molar-refractivity contribution in [3.63, 3.8) is 0 Å². The van der Waals surface area contributed by atoms with Crippen LogP contribution in [-0.2, 0) is 9.59 Å². The lowest BCUT2D eigenvalue weighted by Gasteiger charge is -2.45. The Labute approximate surface area is 151 Å². The zero-order chi connectivity index (χ0) is 18.0. The van der Waals surface area contributed by atoms with Crippen molar-refractivity contribution < 1.29 is 9.59 Å². The molecule has 2 N–H and O–H groups in total. The molecule has 0 spiro atoms. The maximum absolute atomic E-state index is 13.0. The van der Waals surface area contributed by atoms with Crippen LogP contribution in [0.2, 0.25) is 0 Å². The van der Waals surface area contributed by atoms with Gasteiger partial charge in [-0.2, -0.15) is 0 Å². The summed E-state index contributed by atoms with van der Waals surface area (Å²) in [6, 6.07) is 0.323. The van der Waals surface area contributed by atoms with Crippen molar-refractivity contribution in [3.8, 4) is 0 Å². The average Bonchev–Trinajstić information content (AvgIpc) is 2.59. The van der Waals surface area contributed by atoms with Gasteiger partial charge in [0.15, 0.2) is 0 Å². The lowest BCUT2D eigenvalue weighted by Crippen LogP contribution is -2.53. The number of rotatable bonds is 4. The molecule has 2 unspecified atom stereocenters. The largest absolute Gasteiger partial charge is 0.349 e. The van der Waals surface area contributed by atoms with Gasteiger partial charge in [0.2, 0.25) is 11.8 Å². The molecule has 0 radical (unpaired) electrons. The number of hydrogen-bond donors (Lipinski definition) is 1. The molecule has 1 aliphatic heterocycles. The summed E-state index contributed by atoms with van der Waals surface area (Å²) in [6.45, 7) is 4.15. The van der Waals surface area contributed by atoms with Gasteiger partial charge in [-0.25, -0.2) is 0 Å². The van der Waals surface area contributed by atoms with Crippen LogP contribution in [0.25, 0.3) is 0 Å². The lowest BCUT2D eigenvalue weighted by atomic mass is 9.65. The molecule has 142 valence electrons. The average molecular weight is 351 g/mol. The first-order chi connectivity index (χ1) is 12.0. The third-order valence-corrected chi connectivity index (χ3v) is 6.59. The molecule has 2 bridgehead atoms. The van der Waals surface area contributed by atoms with E-state index in [-0.39, 0.29) is 11.8 Å². The fourth-order valence-electron chi connectivity index (χ4n) is 4.92. The number of carbonyl (C=O) groups excluding carboxylic acids is 2. The number of nitrogens with two attached hydrogens (primary N) is 1. The number of piperazine rings is 1. The predicted molar refractivity (Wildman–Crippen MR) is 97.9 cm³/mol. The van der Waals surface area contributed by atoms with Crippen LogP contribution < -0.4 is 5.73 Å². The molecule has 1 heterocycles. The quantitative estimate of drug-likeness (QED) is 0.813. The molecule has 3 aliphatic rings. The Morgan fingerprint density at radius 2 is 1.64 bits per heavy atom. The Hall–Kier alpha value is -1.14. The highest BCUT2D eigenvalue weighted by molar-refractivity contribution is 5.79. The lowest BCUT2D eigenvalue weighted by molar-refractivity contribution is -0.140. The van der Waals surface area contributed by atoms with E-state index in [1.54, 1.807) is 19.0 Å². The van der Waals surface area contributed by atoms with E-state index in [9.17, 15) is 9.59 Å². The van der Waals surface area contributed by atoms with Crippen molar-refractivity contribution in [1.82, 2.24) is 14.7 Å². The second-order valence-corrected chi connectivity index (χ2v) is 8.40. The van der Waals surface area contributed by atoms with E-state index in [2.05, 4.69) is 9.80 Å². The van der Waals surface area contributed by atoms with Crippen LogP contribution in [0.3, 0.4) is 0 Å². The van der Waals surface area contributed by atoms with Crippen LogP contribution in [0.4, 0.5) is 0 Å². The topological polar surface area (TPSA) is 69.9 Å². The van der Waals surface area contributed by atoms with Crippen LogP contribution in [0.15, 0.2) is 0 Å². The van der Waals surface area contributed by atoms with Crippen LogP contribution in [0.1, 0.15) is 38.5 Å². The summed E-state index contributed by atoms with van der Waals surface area (Å²) in [5, 5.41) is 0. The van der Waals surface area contributed by atoms with E-state index < -0.39 is 0 Å². The van der Waals surface area contributed by atoms with Gasteiger partial charge in [0.1, 0.15) is 0 Å². The zero-order valence-electron chi connectivity index (χ0n) is 15.8. The van der Waals surface area contributed by atoms with E-state index >= 15 is 0 Å². The van der Waals surface area contributed by atoms with Crippen molar-refractivity contribution in [2.75, 3.05) is 46.8 Å². The molecule has 0 aromatic carbocycles. The monoisotopic (exact) mass is 350 g/mol. The molecule has 3 rings (SSSR count). The fraction of sp³-hybridized carbons (Fsp3) is 0.895. The van der Waals surface area contributed by atoms with Gasteiger partial charge in [-0.1, -0.05) is 6.42 Å². The van der Waals surface area contributed by atoms with Gasteiger partial charge in [0.05, 0.1) is 0 Å². The first-order valence-electron chi connectivity index (χ1n) is 9.92. The predicted octanol–water partition coefficient (Wildman–Crippen LogP) is 0.763. The van der Waals surface area contributed by atoms with Crippen LogP contribution in [-0.4, -0.2) is 79.4 Å². The van der Waals surface area contributed by atoms with Gasteiger partial charge >= 0.3 is 0 Å². The molecule has 2 amide bonds. The first-order valence-corrected chi connectivity index (χ1v) is 9.92. The summed E-state index contributed by atoms with van der Waals surface area (Å²) < 4.78 is 0. The molecule has 2 aliphatic carbocycles. The standard InChI is InChI=1S/C19H34N4O2/c1-21(2)17(24)6-7-22-8-10-23(11-9-22)19(25)16-12-14-4-3-5-15(13-16)18(14)20/h14-16,18H,3-13,20H2,1-2H3. The highest BCUT2D eigenvalue weighted by Crippen LogP contribution is 2.42. The molecule has 0 aromatic heterocycles. The fourth-order valence-corrected chi connectivity index (χ4v) is 4.92. The third-order valence-electron chi connectivity index (χ3n) is 6.59. The summed E-state index contributed by atoms with van der Waals surface area (Å²) in [7, 11) is 3.59. The molecular weight excluding hydrogens is 316 g/mol. The van der Waals surface area contributed by atoms with E-state index in [1.165, 1.54) is 19.3 Å². The summed E-state index contributed by atoms with van der Waals surface area (Å²) in [5.41, 5.74) is 6.36. The van der Waals surface area contributed by atoms with Crippen molar-refractivity contribution in [1.29, 1.82) is 0 Å². The summed E-state index contributed by atoms with van der Waals surface area (Å²) in [5.74, 6) is 1.83. The first kappa shape index (κ1) is 18.6. The Kier molecular flexibility index (Phi) is 6.00. The zero-order valence-corrected chi connectivity index (χ0v) is 15.8. The van der Waals surface area contributed by atoms with Gasteiger partial charge in [-0.05, 0) is 37.5 Å². The number of hydrogen-bond acceptors (Lipinski definition) is 4. The molecule has 2 saturated carbocycles. The van der Waals surface area contributed by atoms with E-state index in [1.807, 2.05) is 0 Å². The molecule has 6 nitrogen and oxygen atoms in total. The Balaban J connectivity index is 1.45. The van der Waals surface area contributed by atoms with Gasteiger partial charge in [0, 0.05) is 65.2 Å². The van der Waals surface area contributed by atoms with Crippen LogP contribution in [0, 0.1) is 17.8 Å². The molecule has 25 heavy (non-hydrogen) atoms. The normalized spacial score (nSPS) is 33.2. The molecule has 3 fully saturated rings. The van der Waals surface area contributed by atoms with Crippen molar-refractivity contribution in [2.24, 2.45) is 23.5 Å². The van der Waals surface area contributed by atoms with E-state index in [0.717, 1.165) is 45.6 Å². The summed E-state index contributed by atoms with van der Waals surface area (Å²) >= 11 is 0.